The van der Waals surface area contributed by atoms with Crippen molar-refractivity contribution in [1.29, 1.82) is 0 Å². The van der Waals surface area contributed by atoms with Gasteiger partial charge in [-0.05, 0) is 11.8 Å². The first-order valence-corrected chi connectivity index (χ1v) is 8.22. The molecule has 0 spiro atoms. The lowest BCUT2D eigenvalue weighted by Gasteiger charge is -2.31. The van der Waals surface area contributed by atoms with Gasteiger partial charge in [0.05, 0.1) is 23.7 Å². The number of rotatable bonds is 2. The SMILES string of the molecule is CC(=O)OC1CN(c2nc3c(s2)C(=O)CC(C)(C)C3)CCO1. The first-order valence-electron chi connectivity index (χ1n) is 7.41. The summed E-state index contributed by atoms with van der Waals surface area (Å²) < 4.78 is 10.5. The van der Waals surface area contributed by atoms with E-state index in [-0.39, 0.29) is 17.2 Å². The standard InChI is InChI=1S/C15H20N2O4S/c1-9(18)21-12-8-17(4-5-20-12)14-16-10-6-15(2,3)7-11(19)13(10)22-14/h12H,4-8H2,1-3H3. The quantitative estimate of drug-likeness (QED) is 0.775. The molecule has 1 aromatic rings. The Labute approximate surface area is 133 Å². The normalized spacial score (nSPS) is 24.0. The zero-order chi connectivity index (χ0) is 15.9. The van der Waals surface area contributed by atoms with Crippen LogP contribution in [0.25, 0.3) is 0 Å². The second-order valence-electron chi connectivity index (χ2n) is 6.57. The molecule has 0 bridgehead atoms. The number of ketones is 1. The monoisotopic (exact) mass is 324 g/mol. The molecule has 1 aromatic heterocycles. The number of thiazole rings is 1. The molecule has 22 heavy (non-hydrogen) atoms. The Bertz CT molecular complexity index is 611. The fourth-order valence-corrected chi connectivity index (χ4v) is 3.95. The lowest BCUT2D eigenvalue weighted by atomic mass is 9.78. The largest absolute Gasteiger partial charge is 0.434 e. The molecule has 0 amide bonds. The third-order valence-electron chi connectivity index (χ3n) is 3.83. The van der Waals surface area contributed by atoms with Gasteiger partial charge in [-0.2, -0.15) is 0 Å². The van der Waals surface area contributed by atoms with Gasteiger partial charge in [0.2, 0.25) is 6.29 Å². The molecule has 2 heterocycles. The van der Waals surface area contributed by atoms with E-state index in [1.165, 1.54) is 18.3 Å². The van der Waals surface area contributed by atoms with Crippen LogP contribution in [0.1, 0.15) is 42.6 Å². The number of hydrogen-bond donors (Lipinski definition) is 0. The van der Waals surface area contributed by atoms with Crippen molar-refractivity contribution in [1.82, 2.24) is 4.98 Å². The van der Waals surface area contributed by atoms with Gasteiger partial charge in [-0.1, -0.05) is 25.2 Å². The van der Waals surface area contributed by atoms with Gasteiger partial charge >= 0.3 is 5.97 Å². The van der Waals surface area contributed by atoms with Gasteiger partial charge in [0.15, 0.2) is 10.9 Å². The predicted octanol–water partition coefficient (Wildman–Crippen LogP) is 2.02. The Balaban J connectivity index is 1.79. The van der Waals surface area contributed by atoms with E-state index in [0.717, 1.165) is 22.1 Å². The van der Waals surface area contributed by atoms with E-state index in [4.69, 9.17) is 9.47 Å². The summed E-state index contributed by atoms with van der Waals surface area (Å²) >= 11 is 1.44. The van der Waals surface area contributed by atoms with Crippen LogP contribution in [0.5, 0.6) is 0 Å². The molecule has 1 unspecified atom stereocenters. The molecular formula is C15H20N2O4S. The van der Waals surface area contributed by atoms with Crippen LogP contribution in [0.15, 0.2) is 0 Å². The average Bonchev–Trinajstić information content (AvgIpc) is 2.81. The summed E-state index contributed by atoms with van der Waals surface area (Å²) in [5.41, 5.74) is 0.873. The number of esters is 1. The van der Waals surface area contributed by atoms with E-state index in [9.17, 15) is 9.59 Å². The Morgan fingerprint density at radius 1 is 1.45 bits per heavy atom. The molecule has 1 fully saturated rings. The van der Waals surface area contributed by atoms with Crippen molar-refractivity contribution in [2.75, 3.05) is 24.6 Å². The molecule has 0 saturated carbocycles. The lowest BCUT2D eigenvalue weighted by Crippen LogP contribution is -2.44. The fourth-order valence-electron chi connectivity index (χ4n) is 2.89. The number of fused-ring (bicyclic) bond motifs is 1. The molecule has 0 N–H and O–H groups in total. The Hall–Kier alpha value is -1.47. The molecule has 3 rings (SSSR count). The van der Waals surface area contributed by atoms with E-state index in [1.807, 2.05) is 4.90 Å². The second kappa shape index (κ2) is 5.62. The van der Waals surface area contributed by atoms with Gasteiger partial charge in [-0.3, -0.25) is 9.59 Å². The smallest absolute Gasteiger partial charge is 0.305 e. The number of morpholine rings is 1. The molecule has 1 saturated heterocycles. The van der Waals surface area contributed by atoms with Crippen LogP contribution in [0.3, 0.4) is 0 Å². The molecule has 0 aromatic carbocycles. The minimum absolute atomic E-state index is 0.0271. The lowest BCUT2D eigenvalue weighted by molar-refractivity contribution is -0.177. The number of carbonyl (C=O) groups excluding carboxylic acids is 2. The van der Waals surface area contributed by atoms with Crippen molar-refractivity contribution in [2.24, 2.45) is 5.41 Å². The number of Topliss-reactive ketones (excluding diaryl/α,β-unsaturated/α-hetero) is 1. The minimum atomic E-state index is -0.570. The number of aromatic nitrogens is 1. The summed E-state index contributed by atoms with van der Waals surface area (Å²) in [4.78, 5) is 30.8. The highest BCUT2D eigenvalue weighted by Crippen LogP contribution is 2.39. The molecule has 1 aliphatic heterocycles. The van der Waals surface area contributed by atoms with Gasteiger partial charge in [0.1, 0.15) is 0 Å². The van der Waals surface area contributed by atoms with E-state index in [1.54, 1.807) is 0 Å². The highest BCUT2D eigenvalue weighted by molar-refractivity contribution is 7.17. The predicted molar refractivity (Wildman–Crippen MR) is 82.3 cm³/mol. The molecular weight excluding hydrogens is 304 g/mol. The van der Waals surface area contributed by atoms with Gasteiger partial charge in [0, 0.05) is 19.9 Å². The fraction of sp³-hybridized carbons (Fsp3) is 0.667. The number of carbonyl (C=O) groups is 2. The van der Waals surface area contributed by atoms with Crippen LogP contribution in [-0.4, -0.2) is 42.7 Å². The van der Waals surface area contributed by atoms with Crippen LogP contribution < -0.4 is 4.90 Å². The average molecular weight is 324 g/mol. The summed E-state index contributed by atoms with van der Waals surface area (Å²) in [6, 6.07) is 0. The first kappa shape index (κ1) is 15.4. The van der Waals surface area contributed by atoms with Gasteiger partial charge < -0.3 is 14.4 Å². The molecule has 1 atom stereocenters. The topological polar surface area (TPSA) is 68.7 Å². The van der Waals surface area contributed by atoms with Crippen molar-refractivity contribution in [3.63, 3.8) is 0 Å². The van der Waals surface area contributed by atoms with Crippen LogP contribution >= 0.6 is 11.3 Å². The van der Waals surface area contributed by atoms with E-state index >= 15 is 0 Å². The highest BCUT2D eigenvalue weighted by atomic mass is 32.1. The third kappa shape index (κ3) is 3.15. The van der Waals surface area contributed by atoms with Gasteiger partial charge in [-0.25, -0.2) is 4.98 Å². The summed E-state index contributed by atoms with van der Waals surface area (Å²) in [6.07, 6.45) is 0.822. The Morgan fingerprint density at radius 2 is 2.23 bits per heavy atom. The maximum Gasteiger partial charge on any atom is 0.305 e. The van der Waals surface area contributed by atoms with Gasteiger partial charge in [0.25, 0.3) is 0 Å². The third-order valence-corrected chi connectivity index (χ3v) is 5.03. The van der Waals surface area contributed by atoms with E-state index < -0.39 is 6.29 Å². The van der Waals surface area contributed by atoms with Crippen molar-refractivity contribution in [3.05, 3.63) is 10.6 Å². The van der Waals surface area contributed by atoms with Crippen LogP contribution in [0, 0.1) is 5.41 Å². The molecule has 6 nitrogen and oxygen atoms in total. The van der Waals surface area contributed by atoms with E-state index in [0.29, 0.717) is 26.1 Å². The first-order chi connectivity index (χ1) is 10.3. The summed E-state index contributed by atoms with van der Waals surface area (Å²) in [5, 5.41) is 0.816. The van der Waals surface area contributed by atoms with Crippen molar-refractivity contribution < 1.29 is 19.1 Å². The van der Waals surface area contributed by atoms with Gasteiger partial charge in [-0.15, -0.1) is 0 Å². The second-order valence-corrected chi connectivity index (χ2v) is 7.55. The molecule has 7 heteroatoms. The summed E-state index contributed by atoms with van der Waals surface area (Å²) in [7, 11) is 0. The molecule has 1 aliphatic carbocycles. The Morgan fingerprint density at radius 3 is 2.95 bits per heavy atom. The highest BCUT2D eigenvalue weighted by Gasteiger charge is 2.35. The van der Waals surface area contributed by atoms with Crippen molar-refractivity contribution in [2.45, 2.75) is 39.9 Å². The zero-order valence-corrected chi connectivity index (χ0v) is 13.9. The molecule has 2 aliphatic rings. The molecule has 0 radical (unpaired) electrons. The maximum absolute atomic E-state index is 12.3. The minimum Gasteiger partial charge on any atom is -0.434 e. The number of nitrogens with zero attached hydrogens (tertiary/aromatic N) is 2. The number of hydrogen-bond acceptors (Lipinski definition) is 7. The van der Waals surface area contributed by atoms with E-state index in [2.05, 4.69) is 18.8 Å². The van der Waals surface area contributed by atoms with Crippen LogP contribution in [0.4, 0.5) is 5.13 Å². The summed E-state index contributed by atoms with van der Waals surface area (Å²) in [6.45, 7) is 7.16. The van der Waals surface area contributed by atoms with Crippen molar-refractivity contribution >= 4 is 28.2 Å². The zero-order valence-electron chi connectivity index (χ0n) is 13.0. The number of anilines is 1. The number of ether oxygens (including phenoxy) is 2. The van der Waals surface area contributed by atoms with Crippen molar-refractivity contribution in [3.8, 4) is 0 Å². The summed E-state index contributed by atoms with van der Waals surface area (Å²) in [5.74, 6) is -0.179. The van der Waals surface area contributed by atoms with Crippen LogP contribution in [-0.2, 0) is 20.7 Å². The van der Waals surface area contributed by atoms with Crippen LogP contribution in [0.2, 0.25) is 0 Å². The molecule has 120 valence electrons. The maximum atomic E-state index is 12.3. The Kier molecular flexibility index (Phi) is 3.94.